The van der Waals surface area contributed by atoms with Crippen molar-refractivity contribution in [2.45, 2.75) is 50.6 Å². The molecule has 2 N–H and O–H groups in total. The lowest BCUT2D eigenvalue weighted by atomic mass is 9.95. The molecule has 162 valence electrons. The van der Waals surface area contributed by atoms with Crippen LogP contribution in [0.15, 0.2) is 52.2 Å². The van der Waals surface area contributed by atoms with Crippen LogP contribution in [0, 0.1) is 11.8 Å². The molecule has 1 aliphatic heterocycles. The fraction of sp³-hybridized carbons (Fsp3) is 0.565. The van der Waals surface area contributed by atoms with Crippen LogP contribution in [-0.2, 0) is 6.42 Å². The number of rotatable bonds is 6. The first-order valence-corrected chi connectivity index (χ1v) is 11.1. The Kier molecular flexibility index (Phi) is 7.17. The summed E-state index contributed by atoms with van der Waals surface area (Å²) in [6.07, 6.45) is 11.0. The summed E-state index contributed by atoms with van der Waals surface area (Å²) in [7, 11) is 0. The van der Waals surface area contributed by atoms with Gasteiger partial charge < -0.3 is 20.0 Å². The first-order chi connectivity index (χ1) is 14.3. The summed E-state index contributed by atoms with van der Waals surface area (Å²) in [5.74, 6) is 4.78. The van der Waals surface area contributed by atoms with Crippen LogP contribution in [0.3, 0.4) is 0 Å². The zero-order valence-electron chi connectivity index (χ0n) is 17.4. The van der Waals surface area contributed by atoms with E-state index in [9.17, 15) is 0 Å². The fourth-order valence-corrected chi connectivity index (χ4v) is 5.28. The smallest absolute Gasteiger partial charge is 0.191 e. The van der Waals surface area contributed by atoms with Gasteiger partial charge in [-0.2, -0.15) is 0 Å². The number of pyridine rings is 1. The molecular formula is C23H32IN5O. The number of aromatic nitrogens is 1. The van der Waals surface area contributed by atoms with Crippen molar-refractivity contribution in [1.29, 1.82) is 0 Å². The van der Waals surface area contributed by atoms with E-state index >= 15 is 0 Å². The van der Waals surface area contributed by atoms with E-state index in [1.807, 2.05) is 24.4 Å². The van der Waals surface area contributed by atoms with Crippen molar-refractivity contribution in [2.75, 3.05) is 24.5 Å². The molecule has 0 aromatic carbocycles. The Morgan fingerprint density at radius 2 is 2.10 bits per heavy atom. The number of furan rings is 1. The van der Waals surface area contributed by atoms with Gasteiger partial charge in [-0.15, -0.1) is 24.0 Å². The van der Waals surface area contributed by atoms with Crippen molar-refractivity contribution < 1.29 is 4.42 Å². The lowest BCUT2D eigenvalue weighted by molar-refractivity contribution is 0.385. The van der Waals surface area contributed by atoms with Gasteiger partial charge in [0.25, 0.3) is 0 Å². The molecule has 2 aliphatic carbocycles. The summed E-state index contributed by atoms with van der Waals surface area (Å²) >= 11 is 0. The highest BCUT2D eigenvalue weighted by Gasteiger charge is 2.40. The van der Waals surface area contributed by atoms with Crippen molar-refractivity contribution in [3.8, 4) is 0 Å². The van der Waals surface area contributed by atoms with Crippen LogP contribution < -0.4 is 15.5 Å². The van der Waals surface area contributed by atoms with Gasteiger partial charge in [-0.1, -0.05) is 12.5 Å². The number of halogens is 1. The van der Waals surface area contributed by atoms with Crippen molar-refractivity contribution in [1.82, 2.24) is 15.6 Å². The van der Waals surface area contributed by atoms with Crippen LogP contribution in [0.5, 0.6) is 0 Å². The Hall–Kier alpha value is -1.77. The highest BCUT2D eigenvalue weighted by atomic mass is 127. The molecule has 5 rings (SSSR count). The minimum Gasteiger partial charge on any atom is -0.469 e. The number of hydrogen-bond acceptors (Lipinski definition) is 4. The van der Waals surface area contributed by atoms with Crippen molar-refractivity contribution in [3.05, 3.63) is 48.6 Å². The van der Waals surface area contributed by atoms with Crippen LogP contribution in [0.4, 0.5) is 5.82 Å². The average molecular weight is 521 g/mol. The summed E-state index contributed by atoms with van der Waals surface area (Å²) in [5, 5.41) is 7.50. The molecule has 2 aromatic heterocycles. The molecule has 2 bridgehead atoms. The summed E-state index contributed by atoms with van der Waals surface area (Å²) in [6.45, 7) is 2.73. The Morgan fingerprint density at radius 3 is 2.83 bits per heavy atom. The van der Waals surface area contributed by atoms with Crippen molar-refractivity contribution in [2.24, 2.45) is 16.8 Å². The van der Waals surface area contributed by atoms with Crippen LogP contribution in [-0.4, -0.2) is 42.7 Å². The minimum atomic E-state index is 0. The molecule has 2 aromatic rings. The maximum atomic E-state index is 5.46. The second kappa shape index (κ2) is 10.0. The van der Waals surface area contributed by atoms with E-state index < -0.39 is 0 Å². The first-order valence-electron chi connectivity index (χ1n) is 11.1. The number of aliphatic imine (C=N–C) groups is 1. The van der Waals surface area contributed by atoms with Crippen LogP contribution >= 0.6 is 24.0 Å². The van der Waals surface area contributed by atoms with Crippen molar-refractivity contribution in [3.63, 3.8) is 0 Å². The summed E-state index contributed by atoms with van der Waals surface area (Å²) in [6, 6.07) is 11.1. The molecule has 3 fully saturated rings. The van der Waals surface area contributed by atoms with Crippen LogP contribution in [0.2, 0.25) is 0 Å². The zero-order valence-corrected chi connectivity index (χ0v) is 19.7. The Balaban J connectivity index is 0.00000218. The third kappa shape index (κ3) is 5.10. The molecule has 0 amide bonds. The molecule has 3 heterocycles. The number of anilines is 1. The van der Waals surface area contributed by atoms with E-state index in [1.54, 1.807) is 6.26 Å². The van der Waals surface area contributed by atoms with Gasteiger partial charge in [-0.3, -0.25) is 4.99 Å². The van der Waals surface area contributed by atoms with Gasteiger partial charge in [0.2, 0.25) is 0 Å². The van der Waals surface area contributed by atoms with E-state index in [-0.39, 0.29) is 24.0 Å². The molecule has 0 spiro atoms. The standard InChI is InChI=1S/C23H31N5O.HI/c1-2-10-24-22(5-1)28-12-9-19(16-28)26-23(25-11-8-20-4-3-13-29-20)27-21-15-17-6-7-18(21)14-17;/h1-5,10,13,17-19,21H,6-9,11-12,14-16H2,(H2,25,26,27);1H. The monoisotopic (exact) mass is 521 g/mol. The highest BCUT2D eigenvalue weighted by Crippen LogP contribution is 2.44. The summed E-state index contributed by atoms with van der Waals surface area (Å²) < 4.78 is 5.46. The number of guanidine groups is 1. The number of hydrogen-bond donors (Lipinski definition) is 2. The highest BCUT2D eigenvalue weighted by molar-refractivity contribution is 14.0. The zero-order chi connectivity index (χ0) is 19.5. The molecule has 0 radical (unpaired) electrons. The number of fused-ring (bicyclic) bond motifs is 2. The minimum absolute atomic E-state index is 0. The summed E-state index contributed by atoms with van der Waals surface area (Å²) in [4.78, 5) is 11.8. The molecule has 7 heteroatoms. The van der Waals surface area contributed by atoms with Gasteiger partial charge in [0.05, 0.1) is 6.26 Å². The van der Waals surface area contributed by atoms with E-state index in [0.717, 1.165) is 61.8 Å². The predicted molar refractivity (Wildman–Crippen MR) is 130 cm³/mol. The van der Waals surface area contributed by atoms with E-state index in [2.05, 4.69) is 32.7 Å². The second-order valence-corrected chi connectivity index (χ2v) is 8.75. The maximum Gasteiger partial charge on any atom is 0.191 e. The van der Waals surface area contributed by atoms with Crippen LogP contribution in [0.25, 0.3) is 0 Å². The van der Waals surface area contributed by atoms with Gasteiger partial charge in [0.1, 0.15) is 11.6 Å². The van der Waals surface area contributed by atoms with Gasteiger partial charge >= 0.3 is 0 Å². The van der Waals surface area contributed by atoms with Crippen LogP contribution in [0.1, 0.15) is 37.9 Å². The Labute approximate surface area is 195 Å². The largest absolute Gasteiger partial charge is 0.469 e. The van der Waals surface area contributed by atoms with E-state index in [1.165, 1.54) is 25.7 Å². The third-order valence-electron chi connectivity index (χ3n) is 6.77. The molecule has 30 heavy (non-hydrogen) atoms. The molecule has 4 unspecified atom stereocenters. The number of nitrogens with zero attached hydrogens (tertiary/aromatic N) is 3. The maximum absolute atomic E-state index is 5.46. The average Bonchev–Trinajstić information content (AvgIpc) is 3.54. The fourth-order valence-electron chi connectivity index (χ4n) is 5.28. The van der Waals surface area contributed by atoms with Gasteiger partial charge in [-0.25, -0.2) is 4.98 Å². The van der Waals surface area contributed by atoms with Crippen molar-refractivity contribution >= 4 is 35.8 Å². The lowest BCUT2D eigenvalue weighted by Crippen LogP contribution is -2.49. The second-order valence-electron chi connectivity index (χ2n) is 8.75. The SMILES string of the molecule is I.c1ccc(N2CCC(NC(=NCCc3ccco3)NC3CC4CCC3C4)C2)nc1. The van der Waals surface area contributed by atoms with Gasteiger partial charge in [-0.05, 0) is 61.8 Å². The topological polar surface area (TPSA) is 65.7 Å². The third-order valence-corrected chi connectivity index (χ3v) is 6.77. The Bertz CT molecular complexity index is 812. The Morgan fingerprint density at radius 1 is 1.13 bits per heavy atom. The van der Waals surface area contributed by atoms with Gasteiger partial charge in [0.15, 0.2) is 5.96 Å². The number of nitrogens with one attached hydrogen (secondary N) is 2. The lowest BCUT2D eigenvalue weighted by Gasteiger charge is -2.27. The van der Waals surface area contributed by atoms with E-state index in [4.69, 9.17) is 9.41 Å². The molecule has 4 atom stereocenters. The molecule has 2 saturated carbocycles. The summed E-state index contributed by atoms with van der Waals surface area (Å²) in [5.41, 5.74) is 0. The van der Waals surface area contributed by atoms with E-state index in [0.29, 0.717) is 12.1 Å². The molecule has 6 nitrogen and oxygen atoms in total. The quantitative estimate of drug-likeness (QED) is 0.344. The molecular weight excluding hydrogens is 489 g/mol. The normalized spacial score (nSPS) is 27.9. The predicted octanol–water partition coefficient (Wildman–Crippen LogP) is 3.84. The molecule has 1 saturated heterocycles. The first kappa shape index (κ1) is 21.5. The van der Waals surface area contributed by atoms with Gasteiger partial charge in [0, 0.05) is 44.3 Å². The molecule has 3 aliphatic rings.